The Morgan fingerprint density at radius 3 is 3.00 bits per heavy atom. The van der Waals surface area contributed by atoms with Gasteiger partial charge >= 0.3 is 0 Å². The molecule has 0 radical (unpaired) electrons. The van der Waals surface area contributed by atoms with E-state index < -0.39 is 0 Å². The summed E-state index contributed by atoms with van der Waals surface area (Å²) in [4.78, 5) is 6.60. The van der Waals surface area contributed by atoms with Gasteiger partial charge in [-0.05, 0) is 49.1 Å². The highest BCUT2D eigenvalue weighted by Crippen LogP contribution is 2.35. The van der Waals surface area contributed by atoms with E-state index in [1.54, 1.807) is 12.1 Å². The maximum Gasteiger partial charge on any atom is 0.125 e. The Balaban J connectivity index is 1.59. The number of benzene rings is 1. The van der Waals surface area contributed by atoms with Crippen LogP contribution in [0.2, 0.25) is 0 Å². The minimum absolute atomic E-state index is 0.176. The van der Waals surface area contributed by atoms with Gasteiger partial charge < -0.3 is 10.2 Å². The van der Waals surface area contributed by atoms with Crippen molar-refractivity contribution in [3.8, 4) is 0 Å². The zero-order valence-corrected chi connectivity index (χ0v) is 11.8. The van der Waals surface area contributed by atoms with Gasteiger partial charge in [0.05, 0.1) is 5.69 Å². The van der Waals surface area contributed by atoms with Gasteiger partial charge in [0.2, 0.25) is 0 Å². The fourth-order valence-electron chi connectivity index (χ4n) is 2.89. The molecule has 1 aromatic heterocycles. The molecule has 3 nitrogen and oxygen atoms in total. The minimum Gasteiger partial charge on any atom is -0.341 e. The fourth-order valence-corrected chi connectivity index (χ4v) is 2.89. The van der Waals surface area contributed by atoms with E-state index in [0.29, 0.717) is 6.04 Å². The maximum atomic E-state index is 13.5. The highest BCUT2D eigenvalue weighted by molar-refractivity contribution is 5.69. The molecule has 0 saturated heterocycles. The van der Waals surface area contributed by atoms with Crippen molar-refractivity contribution in [3.63, 3.8) is 0 Å². The van der Waals surface area contributed by atoms with Crippen LogP contribution >= 0.6 is 0 Å². The van der Waals surface area contributed by atoms with Crippen LogP contribution in [0.25, 0.3) is 0 Å². The summed E-state index contributed by atoms with van der Waals surface area (Å²) in [7, 11) is 0. The predicted octanol–water partition coefficient (Wildman–Crippen LogP) is 3.17. The molecule has 108 valence electrons. The van der Waals surface area contributed by atoms with Gasteiger partial charge in [0.25, 0.3) is 0 Å². The SMILES string of the molecule is Fc1ccc2c(c1)N(c1ccnc(CNC3CC3)c1)CC2. The Morgan fingerprint density at radius 2 is 2.14 bits per heavy atom. The largest absolute Gasteiger partial charge is 0.341 e. The molecular weight excluding hydrogens is 265 g/mol. The number of nitrogens with one attached hydrogen (secondary N) is 1. The highest BCUT2D eigenvalue weighted by Gasteiger charge is 2.22. The van der Waals surface area contributed by atoms with Crippen molar-refractivity contribution in [3.05, 3.63) is 53.6 Å². The van der Waals surface area contributed by atoms with Gasteiger partial charge in [-0.25, -0.2) is 4.39 Å². The summed E-state index contributed by atoms with van der Waals surface area (Å²) in [6.07, 6.45) is 5.36. The van der Waals surface area contributed by atoms with E-state index in [9.17, 15) is 4.39 Å². The average Bonchev–Trinajstić information content (AvgIpc) is 3.24. The lowest BCUT2D eigenvalue weighted by Gasteiger charge is -2.20. The van der Waals surface area contributed by atoms with E-state index in [1.165, 1.54) is 18.4 Å². The van der Waals surface area contributed by atoms with E-state index in [-0.39, 0.29) is 5.82 Å². The summed E-state index contributed by atoms with van der Waals surface area (Å²) in [5.74, 6) is -0.176. The molecule has 21 heavy (non-hydrogen) atoms. The molecule has 2 aliphatic rings. The molecule has 0 unspecified atom stereocenters. The quantitative estimate of drug-likeness (QED) is 0.934. The van der Waals surface area contributed by atoms with Crippen LogP contribution in [0.5, 0.6) is 0 Å². The van der Waals surface area contributed by atoms with Crippen LogP contribution in [0.15, 0.2) is 36.5 Å². The number of halogens is 1. The molecule has 4 heteroatoms. The fraction of sp³-hybridized carbons (Fsp3) is 0.353. The van der Waals surface area contributed by atoms with Crippen molar-refractivity contribution >= 4 is 11.4 Å². The Hall–Kier alpha value is -1.94. The van der Waals surface area contributed by atoms with Crippen LogP contribution in [0.1, 0.15) is 24.1 Å². The number of hydrogen-bond donors (Lipinski definition) is 1. The lowest BCUT2D eigenvalue weighted by molar-refractivity contribution is 0.628. The minimum atomic E-state index is -0.176. The third-order valence-electron chi connectivity index (χ3n) is 4.20. The van der Waals surface area contributed by atoms with Crippen molar-refractivity contribution < 1.29 is 4.39 Å². The maximum absolute atomic E-state index is 13.5. The molecular formula is C17H18FN3. The first kappa shape index (κ1) is 12.8. The van der Waals surface area contributed by atoms with E-state index in [1.807, 2.05) is 18.3 Å². The first-order chi connectivity index (χ1) is 10.3. The molecule has 1 aliphatic carbocycles. The van der Waals surface area contributed by atoms with Gasteiger partial charge in [0.15, 0.2) is 0 Å². The number of aromatic nitrogens is 1. The topological polar surface area (TPSA) is 28.2 Å². The van der Waals surface area contributed by atoms with Gasteiger partial charge in [0, 0.05) is 36.7 Å². The molecule has 0 atom stereocenters. The first-order valence-corrected chi connectivity index (χ1v) is 7.54. The van der Waals surface area contributed by atoms with Crippen LogP contribution < -0.4 is 10.2 Å². The van der Waals surface area contributed by atoms with E-state index in [2.05, 4.69) is 21.3 Å². The number of fused-ring (bicyclic) bond motifs is 1. The zero-order chi connectivity index (χ0) is 14.2. The lowest BCUT2D eigenvalue weighted by Crippen LogP contribution is -2.18. The number of pyridine rings is 1. The van der Waals surface area contributed by atoms with E-state index in [4.69, 9.17) is 0 Å². The molecule has 4 rings (SSSR count). The summed E-state index contributed by atoms with van der Waals surface area (Å²) in [6, 6.07) is 9.85. The van der Waals surface area contributed by atoms with E-state index >= 15 is 0 Å². The Bertz CT molecular complexity index is 667. The number of hydrogen-bond acceptors (Lipinski definition) is 3. The second-order valence-corrected chi connectivity index (χ2v) is 5.84. The molecule has 2 aromatic rings. The summed E-state index contributed by atoms with van der Waals surface area (Å²) in [5, 5.41) is 3.48. The van der Waals surface area contributed by atoms with Gasteiger partial charge in [-0.1, -0.05) is 6.07 Å². The number of rotatable bonds is 4. The lowest BCUT2D eigenvalue weighted by atomic mass is 10.1. The molecule has 0 amide bonds. The Kier molecular flexibility index (Phi) is 3.11. The molecule has 1 N–H and O–H groups in total. The van der Waals surface area contributed by atoms with Crippen molar-refractivity contribution in [1.82, 2.24) is 10.3 Å². The highest BCUT2D eigenvalue weighted by atomic mass is 19.1. The van der Waals surface area contributed by atoms with Gasteiger partial charge in [-0.3, -0.25) is 4.98 Å². The second kappa shape index (κ2) is 5.11. The molecule has 1 fully saturated rings. The van der Waals surface area contributed by atoms with Crippen LogP contribution in [0.4, 0.5) is 15.8 Å². The van der Waals surface area contributed by atoms with Crippen LogP contribution in [0.3, 0.4) is 0 Å². The van der Waals surface area contributed by atoms with Crippen molar-refractivity contribution in [2.24, 2.45) is 0 Å². The summed E-state index contributed by atoms with van der Waals surface area (Å²) < 4.78 is 13.5. The van der Waals surface area contributed by atoms with Gasteiger partial charge in [0.1, 0.15) is 5.82 Å². The molecule has 0 spiro atoms. The van der Waals surface area contributed by atoms with Crippen molar-refractivity contribution in [1.29, 1.82) is 0 Å². The monoisotopic (exact) mass is 283 g/mol. The van der Waals surface area contributed by atoms with Crippen LogP contribution in [0, 0.1) is 5.82 Å². The first-order valence-electron chi connectivity index (χ1n) is 7.54. The van der Waals surface area contributed by atoms with Gasteiger partial charge in [-0.15, -0.1) is 0 Å². The second-order valence-electron chi connectivity index (χ2n) is 5.84. The molecule has 1 aromatic carbocycles. The third-order valence-corrected chi connectivity index (χ3v) is 4.20. The van der Waals surface area contributed by atoms with Crippen LogP contribution in [-0.2, 0) is 13.0 Å². The molecule has 1 aliphatic heterocycles. The van der Waals surface area contributed by atoms with Crippen LogP contribution in [-0.4, -0.2) is 17.6 Å². The standard InChI is InChI=1S/C17H18FN3/c18-13-2-1-12-6-8-21(17(12)9-13)16-5-7-19-15(10-16)11-20-14-3-4-14/h1-2,5,7,9-10,14,20H,3-4,6,8,11H2. The average molecular weight is 283 g/mol. The summed E-state index contributed by atoms with van der Waals surface area (Å²) in [5.41, 5.74) is 4.35. The molecule has 0 bridgehead atoms. The van der Waals surface area contributed by atoms with Crippen molar-refractivity contribution in [2.75, 3.05) is 11.4 Å². The number of anilines is 2. The summed E-state index contributed by atoms with van der Waals surface area (Å²) >= 11 is 0. The Morgan fingerprint density at radius 1 is 1.24 bits per heavy atom. The smallest absolute Gasteiger partial charge is 0.125 e. The Labute approximate surface area is 123 Å². The third kappa shape index (κ3) is 2.63. The van der Waals surface area contributed by atoms with Crippen molar-refractivity contribution in [2.45, 2.75) is 31.8 Å². The van der Waals surface area contributed by atoms with E-state index in [0.717, 1.165) is 36.6 Å². The summed E-state index contributed by atoms with van der Waals surface area (Å²) in [6.45, 7) is 1.71. The molecule has 2 heterocycles. The predicted molar refractivity (Wildman–Crippen MR) is 81.2 cm³/mol. The normalized spacial score (nSPS) is 17.1. The van der Waals surface area contributed by atoms with Gasteiger partial charge in [-0.2, -0.15) is 0 Å². The molecule has 1 saturated carbocycles. The zero-order valence-electron chi connectivity index (χ0n) is 11.8. The number of nitrogens with zero attached hydrogens (tertiary/aromatic N) is 2.